The Labute approximate surface area is 441 Å². The first-order valence-electron chi connectivity index (χ1n) is 28.5. The van der Waals surface area contributed by atoms with Gasteiger partial charge in [0.25, 0.3) is 0 Å². The summed E-state index contributed by atoms with van der Waals surface area (Å²) in [5.74, 6) is -0.852. The van der Waals surface area contributed by atoms with Crippen LogP contribution in [-0.4, -0.2) is 49.3 Å². The second kappa shape index (κ2) is 56.7. The number of nitrogens with two attached hydrogens (primary N) is 1. The van der Waals surface area contributed by atoms with Gasteiger partial charge in [-0.3, -0.25) is 18.6 Å². The summed E-state index contributed by atoms with van der Waals surface area (Å²) in [6, 6.07) is 0. The number of phosphoric ester groups is 1. The summed E-state index contributed by atoms with van der Waals surface area (Å²) in [4.78, 5) is 35.1. The molecule has 0 bridgehead atoms. The summed E-state index contributed by atoms with van der Waals surface area (Å²) >= 11 is 0. The van der Waals surface area contributed by atoms with Crippen LogP contribution in [0.1, 0.15) is 226 Å². The predicted molar refractivity (Wildman–Crippen MR) is 307 cm³/mol. The summed E-state index contributed by atoms with van der Waals surface area (Å²) < 4.78 is 32.9. The highest BCUT2D eigenvalue weighted by Gasteiger charge is 2.26. The summed E-state index contributed by atoms with van der Waals surface area (Å²) in [5, 5.41) is 0. The molecule has 72 heavy (non-hydrogen) atoms. The van der Waals surface area contributed by atoms with E-state index in [0.717, 1.165) is 116 Å². The summed E-state index contributed by atoms with van der Waals surface area (Å²) in [5.41, 5.74) is 5.37. The fourth-order valence-corrected chi connectivity index (χ4v) is 8.14. The largest absolute Gasteiger partial charge is 0.472 e. The van der Waals surface area contributed by atoms with Crippen molar-refractivity contribution in [3.8, 4) is 0 Å². The number of phosphoric acid groups is 1. The van der Waals surface area contributed by atoms with Crippen LogP contribution in [0.2, 0.25) is 0 Å². The highest BCUT2D eigenvalue weighted by Crippen LogP contribution is 2.43. The highest BCUT2D eigenvalue weighted by atomic mass is 31.2. The summed E-state index contributed by atoms with van der Waals surface area (Å²) in [6.45, 7) is 3.55. The normalized spacial score (nSPS) is 14.0. The van der Waals surface area contributed by atoms with Crippen molar-refractivity contribution in [2.45, 2.75) is 232 Å². The second-order valence-electron chi connectivity index (χ2n) is 18.4. The lowest BCUT2D eigenvalue weighted by molar-refractivity contribution is -0.161. The maximum atomic E-state index is 12.7. The molecule has 3 N–H and O–H groups in total. The molecule has 0 aromatic rings. The summed E-state index contributed by atoms with van der Waals surface area (Å²) in [6.07, 6.45) is 78.3. The van der Waals surface area contributed by atoms with Gasteiger partial charge in [-0.15, -0.1) is 0 Å². The van der Waals surface area contributed by atoms with Crippen LogP contribution in [0.5, 0.6) is 0 Å². The number of ether oxygens (including phenoxy) is 2. The number of carbonyl (C=O) groups excluding carboxylic acids is 2. The smallest absolute Gasteiger partial charge is 0.462 e. The lowest BCUT2D eigenvalue weighted by Crippen LogP contribution is -2.29. The molecule has 0 rings (SSSR count). The number of carbonyl (C=O) groups is 2. The molecule has 10 heteroatoms. The molecular formula is C62H104NO8P. The fourth-order valence-electron chi connectivity index (χ4n) is 7.37. The van der Waals surface area contributed by atoms with Gasteiger partial charge in [-0.2, -0.15) is 0 Å². The molecular weight excluding hydrogens is 918 g/mol. The molecule has 0 heterocycles. The zero-order valence-electron chi connectivity index (χ0n) is 45.6. The van der Waals surface area contributed by atoms with Gasteiger partial charge in [-0.25, -0.2) is 4.57 Å². The quantitative estimate of drug-likeness (QED) is 0.0264. The van der Waals surface area contributed by atoms with Crippen molar-refractivity contribution in [2.24, 2.45) is 5.73 Å². The first-order chi connectivity index (χ1) is 35.3. The molecule has 0 aliphatic carbocycles. The van der Waals surface area contributed by atoms with E-state index >= 15 is 0 Å². The number of rotatable bonds is 52. The van der Waals surface area contributed by atoms with Crippen molar-refractivity contribution in [1.82, 2.24) is 0 Å². The Morgan fingerprint density at radius 3 is 1.14 bits per heavy atom. The highest BCUT2D eigenvalue weighted by molar-refractivity contribution is 7.47. The van der Waals surface area contributed by atoms with E-state index in [4.69, 9.17) is 24.3 Å². The molecule has 0 fully saturated rings. The van der Waals surface area contributed by atoms with Crippen molar-refractivity contribution in [2.75, 3.05) is 26.4 Å². The average Bonchev–Trinajstić information content (AvgIpc) is 3.37. The Morgan fingerprint density at radius 1 is 0.431 bits per heavy atom. The summed E-state index contributed by atoms with van der Waals surface area (Å²) in [7, 11) is -4.39. The minimum atomic E-state index is -4.39. The molecule has 0 aromatic heterocycles. The van der Waals surface area contributed by atoms with Gasteiger partial charge < -0.3 is 20.1 Å². The number of unbranched alkanes of at least 4 members (excludes halogenated alkanes) is 19. The minimum absolute atomic E-state index is 0.0460. The molecule has 0 amide bonds. The molecule has 0 aliphatic heterocycles. The molecule has 9 nitrogen and oxygen atoms in total. The minimum Gasteiger partial charge on any atom is -0.462 e. The van der Waals surface area contributed by atoms with Crippen molar-refractivity contribution in [3.05, 3.63) is 122 Å². The molecule has 0 radical (unpaired) electrons. The van der Waals surface area contributed by atoms with Crippen LogP contribution >= 0.6 is 7.82 Å². The van der Waals surface area contributed by atoms with Crippen LogP contribution < -0.4 is 5.73 Å². The Hall–Kier alpha value is -3.59. The predicted octanol–water partition coefficient (Wildman–Crippen LogP) is 18.0. The number of allylic oxidation sites excluding steroid dienone is 20. The first-order valence-corrected chi connectivity index (χ1v) is 30.0. The van der Waals surface area contributed by atoms with E-state index in [-0.39, 0.29) is 32.6 Å². The van der Waals surface area contributed by atoms with Gasteiger partial charge in [0.1, 0.15) is 6.61 Å². The van der Waals surface area contributed by atoms with Crippen LogP contribution in [0.25, 0.3) is 0 Å². The van der Waals surface area contributed by atoms with Gasteiger partial charge in [0.2, 0.25) is 0 Å². The molecule has 410 valence electrons. The lowest BCUT2D eigenvalue weighted by atomic mass is 10.0. The average molecular weight is 1020 g/mol. The van der Waals surface area contributed by atoms with Crippen molar-refractivity contribution < 1.29 is 37.6 Å². The number of esters is 2. The van der Waals surface area contributed by atoms with E-state index in [2.05, 4.69) is 135 Å². The molecule has 0 saturated carbocycles. The molecule has 2 unspecified atom stereocenters. The van der Waals surface area contributed by atoms with Gasteiger partial charge in [-0.05, 0) is 103 Å². The topological polar surface area (TPSA) is 134 Å². The standard InChI is InChI=1S/C62H104NO8P/c1-3-5-7-9-11-13-15-17-19-20-21-22-23-24-25-26-27-28-29-30-31-32-33-34-35-36-37-38-39-40-41-43-45-47-49-51-53-55-62(65)71-60(59-70-72(66,67)69-57-56-63)58-68-61(64)54-52-50-48-46-44-42-18-16-14-12-10-8-6-4-2/h5,7,10-13,16-19,21-22,24-25,27-28,30-31,33-34,60H,3-4,6,8-9,14-15,20,23,26,29,32,35-59,63H2,1-2H3,(H,66,67)/b7-5-,12-10-,13-11-,18-16-,19-17-,22-21-,25-24-,28-27-,31-30-,34-33-. The lowest BCUT2D eigenvalue weighted by Gasteiger charge is -2.19. The molecule has 0 aliphatic rings. The van der Waals surface area contributed by atoms with E-state index in [1.165, 1.54) is 70.6 Å². The maximum absolute atomic E-state index is 12.7. The maximum Gasteiger partial charge on any atom is 0.472 e. The first kappa shape index (κ1) is 68.4. The number of hydrogen-bond acceptors (Lipinski definition) is 8. The Morgan fingerprint density at radius 2 is 0.764 bits per heavy atom. The van der Waals surface area contributed by atoms with Crippen LogP contribution in [0.4, 0.5) is 0 Å². The second-order valence-corrected chi connectivity index (χ2v) is 19.9. The number of hydrogen-bond donors (Lipinski definition) is 2. The van der Waals surface area contributed by atoms with E-state index in [0.29, 0.717) is 12.8 Å². The van der Waals surface area contributed by atoms with Crippen LogP contribution in [0.15, 0.2) is 122 Å². The molecule has 2 atom stereocenters. The van der Waals surface area contributed by atoms with Crippen LogP contribution in [0, 0.1) is 0 Å². The zero-order valence-corrected chi connectivity index (χ0v) is 46.5. The van der Waals surface area contributed by atoms with Crippen LogP contribution in [-0.2, 0) is 32.7 Å². The van der Waals surface area contributed by atoms with Gasteiger partial charge in [-0.1, -0.05) is 232 Å². The van der Waals surface area contributed by atoms with Crippen molar-refractivity contribution in [3.63, 3.8) is 0 Å². The van der Waals surface area contributed by atoms with Gasteiger partial charge in [0, 0.05) is 19.4 Å². The van der Waals surface area contributed by atoms with E-state index in [1.807, 2.05) is 0 Å². The fraction of sp³-hybridized carbons (Fsp3) is 0.645. The third kappa shape index (κ3) is 55.7. The van der Waals surface area contributed by atoms with E-state index in [9.17, 15) is 19.0 Å². The molecule has 0 spiro atoms. The zero-order chi connectivity index (χ0) is 52.4. The van der Waals surface area contributed by atoms with Crippen molar-refractivity contribution >= 4 is 19.8 Å². The van der Waals surface area contributed by atoms with Gasteiger partial charge in [0.05, 0.1) is 13.2 Å². The SMILES string of the molecule is CC/C=C\C/C=C\C/C=C\C/C=C\C/C=C\C/C=C\C/C=C\C/C=C\CCCCCCCCCCCCCCC(=O)OC(COC(=O)CCCCCCC/C=C\C/C=C\CCCC)COP(=O)(O)OCCN. The van der Waals surface area contributed by atoms with E-state index < -0.39 is 32.5 Å². The van der Waals surface area contributed by atoms with Crippen LogP contribution in [0.3, 0.4) is 0 Å². The van der Waals surface area contributed by atoms with Crippen molar-refractivity contribution in [1.29, 1.82) is 0 Å². The van der Waals surface area contributed by atoms with Gasteiger partial charge in [0.15, 0.2) is 6.10 Å². The molecule has 0 saturated heterocycles. The Kier molecular flexibility index (Phi) is 53.9. The van der Waals surface area contributed by atoms with E-state index in [1.54, 1.807) is 0 Å². The Bertz CT molecular complexity index is 1590. The monoisotopic (exact) mass is 1020 g/mol. The third-order valence-corrected chi connectivity index (χ3v) is 12.6. The van der Waals surface area contributed by atoms with Gasteiger partial charge >= 0.3 is 19.8 Å². The Balaban J connectivity index is 3.95. The third-order valence-electron chi connectivity index (χ3n) is 11.6. The molecule has 0 aromatic carbocycles.